The molecule has 6 heteroatoms. The van der Waals surface area contributed by atoms with Crippen LogP contribution in [-0.4, -0.2) is 12.7 Å². The van der Waals surface area contributed by atoms with Crippen molar-refractivity contribution >= 4 is 0 Å². The second-order valence-corrected chi connectivity index (χ2v) is 9.47. The third kappa shape index (κ3) is 5.82. The van der Waals surface area contributed by atoms with Crippen molar-refractivity contribution in [3.63, 3.8) is 0 Å². The van der Waals surface area contributed by atoms with Crippen molar-refractivity contribution in [2.24, 2.45) is 17.8 Å². The first kappa shape index (κ1) is 23.9. The minimum atomic E-state index is -3.39. The molecule has 2 fully saturated rings. The molecule has 0 aromatic heterocycles. The van der Waals surface area contributed by atoms with Crippen molar-refractivity contribution in [2.45, 2.75) is 70.3 Å². The van der Waals surface area contributed by atoms with E-state index in [9.17, 15) is 17.6 Å². The fourth-order valence-electron chi connectivity index (χ4n) is 5.63. The highest BCUT2D eigenvalue weighted by Crippen LogP contribution is 2.47. The van der Waals surface area contributed by atoms with Gasteiger partial charge in [0.15, 0.2) is 11.6 Å². The van der Waals surface area contributed by atoms with Crippen LogP contribution in [0.4, 0.5) is 17.6 Å². The molecule has 0 atom stereocenters. The van der Waals surface area contributed by atoms with Crippen LogP contribution in [-0.2, 0) is 0 Å². The molecule has 0 saturated heterocycles. The summed E-state index contributed by atoms with van der Waals surface area (Å²) in [6.07, 6.45) is 3.45. The summed E-state index contributed by atoms with van der Waals surface area (Å²) >= 11 is 0. The molecule has 0 spiro atoms. The summed E-state index contributed by atoms with van der Waals surface area (Å²) in [6, 6.07) is 10.9. The van der Waals surface area contributed by atoms with Gasteiger partial charge in [0.05, 0.1) is 12.5 Å². The number of ether oxygens (including phenoxy) is 2. The van der Waals surface area contributed by atoms with Crippen LogP contribution in [0.5, 0.6) is 11.5 Å². The highest BCUT2D eigenvalue weighted by molar-refractivity contribution is 5.29. The normalized spacial score (nSPS) is 26.1. The fourth-order valence-corrected chi connectivity index (χ4v) is 5.63. The molecule has 2 aliphatic carbocycles. The number of halogens is 4. The molecular weight excluding hydrogens is 432 g/mol. The number of hydrogen-bond acceptors (Lipinski definition) is 2. The second kappa shape index (κ2) is 10.4. The lowest BCUT2D eigenvalue weighted by Gasteiger charge is -2.39. The molecule has 2 aromatic carbocycles. The lowest BCUT2D eigenvalue weighted by molar-refractivity contribution is -0.224. The smallest absolute Gasteiger partial charge is 0.400 e. The largest absolute Gasteiger partial charge is 0.494 e. The molecule has 0 bridgehead atoms. The summed E-state index contributed by atoms with van der Waals surface area (Å²) in [5.41, 5.74) is 1.36. The molecule has 4 rings (SSSR count). The molecule has 33 heavy (non-hydrogen) atoms. The molecule has 0 amide bonds. The Labute approximate surface area is 193 Å². The van der Waals surface area contributed by atoms with Crippen LogP contribution in [0.1, 0.15) is 69.8 Å². The lowest BCUT2D eigenvalue weighted by atomic mass is 9.68. The standard InChI is InChI=1S/C27H32F4O2/c1-2-32-23-13-9-21(10-14-23)19-5-3-18(4-6-19)20-7-11-22(12-8-20)27(30,31)33-24-15-16-25(28)26(29)17-24/h9-10,13-20,22H,2-8,11-12H2,1H3. The van der Waals surface area contributed by atoms with Gasteiger partial charge in [-0.3, -0.25) is 0 Å². The van der Waals surface area contributed by atoms with Gasteiger partial charge in [0, 0.05) is 6.07 Å². The van der Waals surface area contributed by atoms with Gasteiger partial charge in [0.1, 0.15) is 11.5 Å². The van der Waals surface area contributed by atoms with Crippen molar-refractivity contribution in [1.29, 1.82) is 0 Å². The first-order valence-corrected chi connectivity index (χ1v) is 12.1. The molecule has 180 valence electrons. The summed E-state index contributed by atoms with van der Waals surface area (Å²) in [7, 11) is 0. The van der Waals surface area contributed by atoms with E-state index >= 15 is 0 Å². The van der Waals surface area contributed by atoms with Crippen molar-refractivity contribution in [1.82, 2.24) is 0 Å². The van der Waals surface area contributed by atoms with Crippen molar-refractivity contribution in [2.75, 3.05) is 6.61 Å². The predicted octanol–water partition coefficient (Wildman–Crippen LogP) is 8.12. The van der Waals surface area contributed by atoms with Crippen LogP contribution >= 0.6 is 0 Å². The SMILES string of the molecule is CCOc1ccc(C2CCC(C3CCC(C(F)(F)Oc4ccc(F)c(F)c4)CC3)CC2)cc1. The predicted molar refractivity (Wildman–Crippen MR) is 120 cm³/mol. The first-order valence-electron chi connectivity index (χ1n) is 12.1. The highest BCUT2D eigenvalue weighted by Gasteiger charge is 2.45. The van der Waals surface area contributed by atoms with Crippen LogP contribution < -0.4 is 9.47 Å². The highest BCUT2D eigenvalue weighted by atomic mass is 19.3. The van der Waals surface area contributed by atoms with Gasteiger partial charge >= 0.3 is 6.11 Å². The second-order valence-electron chi connectivity index (χ2n) is 9.47. The molecule has 2 aromatic rings. The van der Waals surface area contributed by atoms with Gasteiger partial charge in [-0.15, -0.1) is 0 Å². The van der Waals surface area contributed by atoms with E-state index in [1.807, 2.05) is 19.1 Å². The average molecular weight is 465 g/mol. The summed E-state index contributed by atoms with van der Waals surface area (Å²) in [6.45, 7) is 2.64. The van der Waals surface area contributed by atoms with Crippen molar-refractivity contribution in [3.8, 4) is 11.5 Å². The van der Waals surface area contributed by atoms with Crippen LogP contribution in [0.25, 0.3) is 0 Å². The summed E-state index contributed by atoms with van der Waals surface area (Å²) < 4.78 is 66.0. The summed E-state index contributed by atoms with van der Waals surface area (Å²) in [4.78, 5) is 0. The zero-order chi connectivity index (χ0) is 23.4. The topological polar surface area (TPSA) is 18.5 Å². The van der Waals surface area contributed by atoms with E-state index in [1.165, 1.54) is 5.56 Å². The van der Waals surface area contributed by atoms with Crippen molar-refractivity contribution in [3.05, 3.63) is 59.7 Å². The molecule has 0 aliphatic heterocycles. The quantitative estimate of drug-likeness (QED) is 0.385. The van der Waals surface area contributed by atoms with E-state index in [4.69, 9.17) is 9.47 Å². The lowest BCUT2D eigenvalue weighted by Crippen LogP contribution is -2.38. The minimum absolute atomic E-state index is 0.339. The van der Waals surface area contributed by atoms with E-state index < -0.39 is 23.7 Å². The Kier molecular flexibility index (Phi) is 7.50. The third-order valence-corrected chi connectivity index (χ3v) is 7.49. The maximum Gasteiger partial charge on any atom is 0.400 e. The van der Waals surface area contributed by atoms with Crippen LogP contribution in [0.2, 0.25) is 0 Å². The average Bonchev–Trinajstić information content (AvgIpc) is 2.82. The van der Waals surface area contributed by atoms with E-state index in [1.54, 1.807) is 0 Å². The molecule has 2 aliphatic rings. The molecule has 0 heterocycles. The molecule has 0 radical (unpaired) electrons. The molecule has 2 nitrogen and oxygen atoms in total. The van der Waals surface area contributed by atoms with Gasteiger partial charge in [-0.25, -0.2) is 8.78 Å². The van der Waals surface area contributed by atoms with Crippen LogP contribution in [0.3, 0.4) is 0 Å². The van der Waals surface area contributed by atoms with E-state index in [0.717, 1.165) is 56.4 Å². The monoisotopic (exact) mass is 464 g/mol. The summed E-state index contributed by atoms with van der Waals surface area (Å²) in [5, 5.41) is 0. The van der Waals surface area contributed by atoms with Gasteiger partial charge in [-0.1, -0.05) is 12.1 Å². The Morgan fingerprint density at radius 2 is 1.33 bits per heavy atom. The number of benzene rings is 2. The minimum Gasteiger partial charge on any atom is -0.494 e. The van der Waals surface area contributed by atoms with E-state index in [-0.39, 0.29) is 5.75 Å². The van der Waals surface area contributed by atoms with Gasteiger partial charge in [-0.2, -0.15) is 8.78 Å². The zero-order valence-electron chi connectivity index (χ0n) is 19.0. The Hall–Kier alpha value is -2.24. The summed E-state index contributed by atoms with van der Waals surface area (Å²) in [5.74, 6) is -0.988. The number of hydrogen-bond donors (Lipinski definition) is 0. The Morgan fingerprint density at radius 3 is 1.91 bits per heavy atom. The molecule has 0 N–H and O–H groups in total. The van der Waals surface area contributed by atoms with Crippen LogP contribution in [0, 0.1) is 29.4 Å². The Balaban J connectivity index is 1.25. The molecular formula is C27H32F4O2. The molecule has 0 unspecified atom stereocenters. The molecule has 2 saturated carbocycles. The van der Waals surface area contributed by atoms with E-state index in [2.05, 4.69) is 12.1 Å². The Bertz CT molecular complexity index is 899. The number of alkyl halides is 2. The van der Waals surface area contributed by atoms with Gasteiger partial charge in [-0.05, 0) is 106 Å². The van der Waals surface area contributed by atoms with Crippen LogP contribution in [0.15, 0.2) is 42.5 Å². The first-order chi connectivity index (χ1) is 15.9. The Morgan fingerprint density at radius 1 is 0.758 bits per heavy atom. The van der Waals surface area contributed by atoms with Gasteiger partial charge in [0.25, 0.3) is 0 Å². The number of rotatable bonds is 7. The third-order valence-electron chi connectivity index (χ3n) is 7.49. The zero-order valence-corrected chi connectivity index (χ0v) is 19.0. The van der Waals surface area contributed by atoms with Gasteiger partial charge in [0.2, 0.25) is 0 Å². The van der Waals surface area contributed by atoms with Crippen molar-refractivity contribution < 1.29 is 27.0 Å². The fraction of sp³-hybridized carbons (Fsp3) is 0.556. The maximum absolute atomic E-state index is 14.7. The van der Waals surface area contributed by atoms with E-state index in [0.29, 0.717) is 43.3 Å². The maximum atomic E-state index is 14.7. The van der Waals surface area contributed by atoms with Gasteiger partial charge < -0.3 is 9.47 Å².